The zero-order chi connectivity index (χ0) is 21.2. The molecule has 2 unspecified atom stereocenters. The van der Waals surface area contributed by atoms with Crippen LogP contribution in [0.2, 0.25) is 0 Å². The molecule has 2 atom stereocenters. The number of esters is 1. The summed E-state index contributed by atoms with van der Waals surface area (Å²) in [5, 5.41) is 0. The van der Waals surface area contributed by atoms with Crippen LogP contribution in [0.25, 0.3) is 11.1 Å². The van der Waals surface area contributed by atoms with Gasteiger partial charge in [-0.15, -0.1) is 0 Å². The summed E-state index contributed by atoms with van der Waals surface area (Å²) in [7, 11) is 0. The van der Waals surface area contributed by atoms with Crippen LogP contribution < -0.4 is 4.74 Å². The van der Waals surface area contributed by atoms with Gasteiger partial charge < -0.3 is 14.2 Å². The molecule has 3 rings (SSSR count). The summed E-state index contributed by atoms with van der Waals surface area (Å²) >= 11 is 0. The molecule has 6 nitrogen and oxygen atoms in total. The molecular weight excluding hydrogens is 380 g/mol. The molecule has 0 radical (unpaired) electrons. The summed E-state index contributed by atoms with van der Waals surface area (Å²) in [5.74, 6) is 1.08. The minimum absolute atomic E-state index is 0.00136. The van der Waals surface area contributed by atoms with Crippen molar-refractivity contribution in [1.29, 1.82) is 0 Å². The predicted octanol–water partition coefficient (Wildman–Crippen LogP) is 5.10. The van der Waals surface area contributed by atoms with E-state index in [0.29, 0.717) is 5.75 Å². The Labute approximate surface area is 179 Å². The lowest BCUT2D eigenvalue weighted by molar-refractivity contribution is -0.185. The summed E-state index contributed by atoms with van der Waals surface area (Å²) < 4.78 is 16.7. The van der Waals surface area contributed by atoms with Gasteiger partial charge in [0.15, 0.2) is 6.29 Å². The minimum atomic E-state index is -0.323. The van der Waals surface area contributed by atoms with Crippen molar-refractivity contribution in [2.24, 2.45) is 0 Å². The van der Waals surface area contributed by atoms with Gasteiger partial charge in [0.05, 0.1) is 6.10 Å². The van der Waals surface area contributed by atoms with Crippen LogP contribution in [0.3, 0.4) is 0 Å². The molecule has 0 saturated carbocycles. The maximum atomic E-state index is 11.0. The molecular formula is C24H32N2O4. The quantitative estimate of drug-likeness (QED) is 0.307. The highest BCUT2D eigenvalue weighted by atomic mass is 16.7. The average Bonchev–Trinajstić information content (AvgIpc) is 2.75. The second-order valence-electron chi connectivity index (χ2n) is 7.85. The molecule has 2 heterocycles. The summed E-state index contributed by atoms with van der Waals surface area (Å²) in [4.78, 5) is 20.0. The molecule has 1 aliphatic heterocycles. The van der Waals surface area contributed by atoms with Gasteiger partial charge in [0, 0.05) is 37.9 Å². The number of aromatic nitrogens is 2. The van der Waals surface area contributed by atoms with Crippen molar-refractivity contribution < 1.29 is 19.0 Å². The van der Waals surface area contributed by atoms with Crippen LogP contribution in [-0.2, 0) is 20.7 Å². The molecule has 2 aromatic rings. The zero-order valence-electron chi connectivity index (χ0n) is 18.0. The first-order valence-corrected chi connectivity index (χ1v) is 11.0. The highest BCUT2D eigenvalue weighted by molar-refractivity contribution is 5.70. The van der Waals surface area contributed by atoms with Gasteiger partial charge in [-0.1, -0.05) is 25.0 Å². The van der Waals surface area contributed by atoms with Crippen molar-refractivity contribution in [3.63, 3.8) is 0 Å². The molecule has 1 fully saturated rings. The smallest absolute Gasteiger partial charge is 0.308 e. The van der Waals surface area contributed by atoms with E-state index in [1.54, 1.807) is 12.1 Å². The van der Waals surface area contributed by atoms with E-state index >= 15 is 0 Å². The molecule has 0 amide bonds. The van der Waals surface area contributed by atoms with E-state index in [9.17, 15) is 4.79 Å². The predicted molar refractivity (Wildman–Crippen MR) is 115 cm³/mol. The maximum absolute atomic E-state index is 11.0. The highest BCUT2D eigenvalue weighted by Crippen LogP contribution is 2.22. The van der Waals surface area contributed by atoms with E-state index in [1.165, 1.54) is 13.3 Å². The fraction of sp³-hybridized carbons (Fsp3) is 0.542. The topological polar surface area (TPSA) is 70.5 Å². The average molecular weight is 413 g/mol. The van der Waals surface area contributed by atoms with E-state index in [0.717, 1.165) is 68.5 Å². The van der Waals surface area contributed by atoms with Gasteiger partial charge in [-0.05, 0) is 56.7 Å². The molecule has 6 heteroatoms. The number of unbranched alkanes of at least 4 members (excludes halogenated alkanes) is 2. The number of hydrogen-bond donors (Lipinski definition) is 0. The van der Waals surface area contributed by atoms with Gasteiger partial charge in [0.2, 0.25) is 0 Å². The third-order valence-corrected chi connectivity index (χ3v) is 5.19. The van der Waals surface area contributed by atoms with Crippen LogP contribution in [0.1, 0.15) is 64.6 Å². The van der Waals surface area contributed by atoms with Gasteiger partial charge >= 0.3 is 5.97 Å². The Hall–Kier alpha value is -2.31. The number of rotatable bonds is 10. The molecule has 0 spiro atoms. The van der Waals surface area contributed by atoms with Crippen LogP contribution in [-0.4, -0.2) is 34.9 Å². The number of aryl methyl sites for hydroxylation is 1. The van der Waals surface area contributed by atoms with Crippen molar-refractivity contribution in [3.8, 4) is 16.9 Å². The third-order valence-electron chi connectivity index (χ3n) is 5.19. The van der Waals surface area contributed by atoms with Crippen LogP contribution in [0.15, 0.2) is 36.7 Å². The van der Waals surface area contributed by atoms with Crippen molar-refractivity contribution in [3.05, 3.63) is 42.5 Å². The van der Waals surface area contributed by atoms with E-state index in [1.807, 2.05) is 24.5 Å². The van der Waals surface area contributed by atoms with Gasteiger partial charge in [-0.3, -0.25) is 4.79 Å². The molecule has 1 aliphatic rings. The number of hydrogen-bond acceptors (Lipinski definition) is 6. The minimum Gasteiger partial charge on any atom is -0.427 e. The second kappa shape index (κ2) is 11.8. The van der Waals surface area contributed by atoms with Gasteiger partial charge in [-0.2, -0.15) is 0 Å². The standard InChI is InChI=1S/C24H32N2O4/c1-18(29-24-10-6-7-15-28-24)8-4-3-5-9-23-25-16-21(17-26-23)20-11-13-22(14-12-20)30-19(2)27/h11-14,16-18,24H,3-10,15H2,1-2H3. The molecule has 0 aliphatic carbocycles. The summed E-state index contributed by atoms with van der Waals surface area (Å²) in [6.45, 7) is 4.36. The molecule has 1 aromatic heterocycles. The van der Waals surface area contributed by atoms with Crippen LogP contribution in [0.4, 0.5) is 0 Å². The summed E-state index contributed by atoms with van der Waals surface area (Å²) in [6.07, 6.45) is 12.6. The Morgan fingerprint density at radius 3 is 2.53 bits per heavy atom. The third kappa shape index (κ3) is 7.50. The molecule has 162 valence electrons. The Bertz CT molecular complexity index is 771. The number of carbonyl (C=O) groups excluding carboxylic acids is 1. The second-order valence-corrected chi connectivity index (χ2v) is 7.85. The van der Waals surface area contributed by atoms with Crippen LogP contribution in [0, 0.1) is 0 Å². The number of nitrogens with zero attached hydrogens (tertiary/aromatic N) is 2. The lowest BCUT2D eigenvalue weighted by atomic mass is 10.1. The molecule has 0 N–H and O–H groups in total. The van der Waals surface area contributed by atoms with Crippen molar-refractivity contribution in [2.45, 2.75) is 77.6 Å². The van der Waals surface area contributed by atoms with E-state index in [-0.39, 0.29) is 18.4 Å². The first-order chi connectivity index (χ1) is 14.6. The maximum Gasteiger partial charge on any atom is 0.308 e. The summed E-state index contributed by atoms with van der Waals surface area (Å²) in [5.41, 5.74) is 1.94. The normalized spacial score (nSPS) is 17.5. The van der Waals surface area contributed by atoms with Gasteiger partial charge in [0.25, 0.3) is 0 Å². The number of ether oxygens (including phenoxy) is 3. The highest BCUT2D eigenvalue weighted by Gasteiger charge is 2.16. The van der Waals surface area contributed by atoms with Gasteiger partial charge in [0.1, 0.15) is 11.6 Å². The lowest BCUT2D eigenvalue weighted by Crippen LogP contribution is -2.26. The molecule has 1 saturated heterocycles. The lowest BCUT2D eigenvalue weighted by Gasteiger charge is -2.26. The van der Waals surface area contributed by atoms with E-state index in [2.05, 4.69) is 16.9 Å². The van der Waals surface area contributed by atoms with Crippen LogP contribution >= 0.6 is 0 Å². The van der Waals surface area contributed by atoms with Gasteiger partial charge in [-0.25, -0.2) is 9.97 Å². The Morgan fingerprint density at radius 1 is 1.10 bits per heavy atom. The Kier molecular flexibility index (Phi) is 8.78. The molecule has 30 heavy (non-hydrogen) atoms. The zero-order valence-corrected chi connectivity index (χ0v) is 18.0. The van der Waals surface area contributed by atoms with Crippen molar-refractivity contribution >= 4 is 5.97 Å². The Balaban J connectivity index is 1.35. The first-order valence-electron chi connectivity index (χ1n) is 11.0. The largest absolute Gasteiger partial charge is 0.427 e. The number of benzene rings is 1. The molecule has 0 bridgehead atoms. The monoisotopic (exact) mass is 412 g/mol. The fourth-order valence-electron chi connectivity index (χ4n) is 3.55. The van der Waals surface area contributed by atoms with E-state index in [4.69, 9.17) is 14.2 Å². The summed E-state index contributed by atoms with van der Waals surface area (Å²) in [6, 6.07) is 7.35. The SMILES string of the molecule is CC(=O)Oc1ccc(-c2cnc(CCCCCC(C)OC3CCCCO3)nc2)cc1. The molecule has 1 aromatic carbocycles. The van der Waals surface area contributed by atoms with Crippen molar-refractivity contribution in [1.82, 2.24) is 9.97 Å². The first kappa shape index (κ1) is 22.4. The van der Waals surface area contributed by atoms with Crippen molar-refractivity contribution in [2.75, 3.05) is 6.61 Å². The number of carbonyl (C=O) groups is 1. The fourth-order valence-corrected chi connectivity index (χ4v) is 3.55. The Morgan fingerprint density at radius 2 is 1.87 bits per heavy atom. The van der Waals surface area contributed by atoms with E-state index < -0.39 is 0 Å². The van der Waals surface area contributed by atoms with Crippen LogP contribution in [0.5, 0.6) is 5.75 Å².